The van der Waals surface area contributed by atoms with Gasteiger partial charge in [0.25, 0.3) is 10.1 Å². The van der Waals surface area contributed by atoms with Crippen molar-refractivity contribution in [3.8, 4) is 0 Å². The number of hydrogen-bond donors (Lipinski definition) is 0. The molecule has 112 valence electrons. The van der Waals surface area contributed by atoms with E-state index in [1.807, 2.05) is 18.7 Å². The molecular formula is C15H22O3S2. The molecule has 0 N–H and O–H groups in total. The molecular weight excluding hydrogens is 292 g/mol. The quantitative estimate of drug-likeness (QED) is 0.779. The van der Waals surface area contributed by atoms with E-state index >= 15 is 0 Å². The van der Waals surface area contributed by atoms with Gasteiger partial charge in [0, 0.05) is 5.25 Å². The molecule has 3 nitrogen and oxygen atoms in total. The predicted octanol–water partition coefficient (Wildman–Crippen LogP) is 3.62. The van der Waals surface area contributed by atoms with Gasteiger partial charge in [0.2, 0.25) is 0 Å². The van der Waals surface area contributed by atoms with Crippen LogP contribution in [0, 0.1) is 12.8 Å². The van der Waals surface area contributed by atoms with Gasteiger partial charge >= 0.3 is 0 Å². The van der Waals surface area contributed by atoms with E-state index in [4.69, 9.17) is 4.18 Å². The van der Waals surface area contributed by atoms with Gasteiger partial charge in [-0.1, -0.05) is 17.7 Å². The van der Waals surface area contributed by atoms with Crippen LogP contribution in [0.5, 0.6) is 0 Å². The molecule has 20 heavy (non-hydrogen) atoms. The van der Waals surface area contributed by atoms with Crippen molar-refractivity contribution in [3.05, 3.63) is 29.8 Å². The monoisotopic (exact) mass is 314 g/mol. The molecule has 0 heterocycles. The lowest BCUT2D eigenvalue weighted by atomic mass is 9.90. The van der Waals surface area contributed by atoms with Crippen molar-refractivity contribution in [3.63, 3.8) is 0 Å². The van der Waals surface area contributed by atoms with Crippen LogP contribution in [-0.4, -0.2) is 26.5 Å². The lowest BCUT2D eigenvalue weighted by molar-refractivity contribution is 0.216. The number of thioether (sulfide) groups is 1. The van der Waals surface area contributed by atoms with Crippen LogP contribution >= 0.6 is 11.8 Å². The Kier molecular flexibility index (Phi) is 5.52. The molecule has 0 amide bonds. The molecule has 1 aromatic carbocycles. The molecule has 0 radical (unpaired) electrons. The van der Waals surface area contributed by atoms with Crippen molar-refractivity contribution in [1.82, 2.24) is 0 Å². The van der Waals surface area contributed by atoms with Crippen LogP contribution < -0.4 is 0 Å². The van der Waals surface area contributed by atoms with Crippen LogP contribution in [0.1, 0.15) is 31.2 Å². The van der Waals surface area contributed by atoms with E-state index in [0.29, 0.717) is 12.5 Å². The molecule has 0 saturated heterocycles. The smallest absolute Gasteiger partial charge is 0.266 e. The van der Waals surface area contributed by atoms with Crippen molar-refractivity contribution in [1.29, 1.82) is 0 Å². The number of rotatable bonds is 5. The van der Waals surface area contributed by atoms with Crippen molar-refractivity contribution < 1.29 is 12.6 Å². The first kappa shape index (κ1) is 15.9. The number of hydrogen-bond acceptors (Lipinski definition) is 4. The Morgan fingerprint density at radius 1 is 1.15 bits per heavy atom. The van der Waals surface area contributed by atoms with E-state index < -0.39 is 10.1 Å². The molecule has 1 aromatic rings. The Morgan fingerprint density at radius 2 is 1.75 bits per heavy atom. The highest BCUT2D eigenvalue weighted by Gasteiger charge is 2.23. The lowest BCUT2D eigenvalue weighted by Crippen LogP contribution is -2.21. The normalized spacial score (nSPS) is 23.7. The summed E-state index contributed by atoms with van der Waals surface area (Å²) in [6.45, 7) is 2.25. The third-order valence-corrected chi connectivity index (χ3v) is 6.33. The van der Waals surface area contributed by atoms with E-state index in [1.54, 1.807) is 24.3 Å². The zero-order valence-corrected chi connectivity index (χ0v) is 13.7. The summed E-state index contributed by atoms with van der Waals surface area (Å²) in [4.78, 5) is 0.251. The summed E-state index contributed by atoms with van der Waals surface area (Å²) in [5, 5.41) is 0.736. The van der Waals surface area contributed by atoms with Gasteiger partial charge in [-0.2, -0.15) is 20.2 Å². The maximum Gasteiger partial charge on any atom is 0.296 e. The molecule has 0 atom stereocenters. The van der Waals surface area contributed by atoms with Gasteiger partial charge < -0.3 is 0 Å². The Hall–Kier alpha value is -0.520. The first-order chi connectivity index (χ1) is 9.51. The van der Waals surface area contributed by atoms with Crippen LogP contribution in [0.3, 0.4) is 0 Å². The maximum atomic E-state index is 12.1. The van der Waals surface area contributed by atoms with Crippen LogP contribution in [0.15, 0.2) is 29.2 Å². The fourth-order valence-electron chi connectivity index (χ4n) is 2.49. The SMILES string of the molecule is CSC1CCC(COS(=O)(=O)c2ccc(C)cc2)CC1. The standard InChI is InChI=1S/C15H22O3S2/c1-12-3-9-15(10-4-12)20(16,17)18-11-13-5-7-14(19-2)8-6-13/h3-4,9-10,13-14H,5-8,11H2,1-2H3. The molecule has 0 aromatic heterocycles. The highest BCUT2D eigenvalue weighted by molar-refractivity contribution is 7.99. The molecule has 1 aliphatic carbocycles. The van der Waals surface area contributed by atoms with E-state index in [1.165, 1.54) is 12.8 Å². The van der Waals surface area contributed by atoms with Gasteiger partial charge in [-0.15, -0.1) is 0 Å². The van der Waals surface area contributed by atoms with Crippen molar-refractivity contribution in [2.45, 2.75) is 42.8 Å². The largest absolute Gasteiger partial charge is 0.296 e. The highest BCUT2D eigenvalue weighted by Crippen LogP contribution is 2.31. The summed E-state index contributed by atoms with van der Waals surface area (Å²) in [5.74, 6) is 0.374. The number of aryl methyl sites for hydroxylation is 1. The summed E-state index contributed by atoms with van der Waals surface area (Å²) >= 11 is 1.91. The molecule has 1 fully saturated rings. The van der Waals surface area contributed by atoms with Crippen molar-refractivity contribution in [2.75, 3.05) is 12.9 Å². The summed E-state index contributed by atoms with van der Waals surface area (Å²) in [5.41, 5.74) is 1.04. The molecule has 1 aliphatic rings. The molecule has 2 rings (SSSR count). The van der Waals surface area contributed by atoms with Gasteiger partial charge in [0.05, 0.1) is 11.5 Å². The third kappa shape index (κ3) is 4.24. The fourth-order valence-corrected chi connectivity index (χ4v) is 4.21. The van der Waals surface area contributed by atoms with Crippen LogP contribution in [0.25, 0.3) is 0 Å². The molecule has 0 unspecified atom stereocenters. The van der Waals surface area contributed by atoms with Gasteiger partial charge in [0.1, 0.15) is 0 Å². The minimum Gasteiger partial charge on any atom is -0.266 e. The summed E-state index contributed by atoms with van der Waals surface area (Å²) in [6.07, 6.45) is 6.60. The van der Waals surface area contributed by atoms with Gasteiger partial charge in [-0.05, 0) is 56.9 Å². The minimum atomic E-state index is -3.60. The first-order valence-corrected chi connectivity index (χ1v) is 9.70. The van der Waals surface area contributed by atoms with E-state index in [9.17, 15) is 8.42 Å². The molecule has 1 saturated carbocycles. The summed E-state index contributed by atoms with van der Waals surface area (Å²) in [6, 6.07) is 6.80. The second-order valence-corrected chi connectivity index (χ2v) is 8.18. The molecule has 5 heteroatoms. The van der Waals surface area contributed by atoms with Gasteiger partial charge in [0.15, 0.2) is 0 Å². The Labute approximate surface area is 126 Å². The molecule has 0 spiro atoms. The average Bonchev–Trinajstić information content (AvgIpc) is 2.46. The predicted molar refractivity (Wildman–Crippen MR) is 83.6 cm³/mol. The first-order valence-electron chi connectivity index (χ1n) is 7.00. The second-order valence-electron chi connectivity index (χ2n) is 5.43. The fraction of sp³-hybridized carbons (Fsp3) is 0.600. The Bertz CT molecular complexity index is 515. The Balaban J connectivity index is 1.88. The Morgan fingerprint density at radius 3 is 2.30 bits per heavy atom. The zero-order valence-electron chi connectivity index (χ0n) is 12.0. The summed E-state index contributed by atoms with van der Waals surface area (Å²) in [7, 11) is -3.60. The summed E-state index contributed by atoms with van der Waals surface area (Å²) < 4.78 is 29.4. The highest BCUT2D eigenvalue weighted by atomic mass is 32.2. The van der Waals surface area contributed by atoms with E-state index in [-0.39, 0.29) is 4.90 Å². The zero-order chi connectivity index (χ0) is 14.6. The minimum absolute atomic E-state index is 0.251. The molecule has 0 aliphatic heterocycles. The van der Waals surface area contributed by atoms with Crippen LogP contribution in [0.2, 0.25) is 0 Å². The van der Waals surface area contributed by atoms with Crippen molar-refractivity contribution in [2.24, 2.45) is 5.92 Å². The topological polar surface area (TPSA) is 43.4 Å². The maximum absolute atomic E-state index is 12.1. The van der Waals surface area contributed by atoms with E-state index in [2.05, 4.69) is 6.26 Å². The third-order valence-electron chi connectivity index (χ3n) is 3.90. The van der Waals surface area contributed by atoms with Crippen LogP contribution in [0.4, 0.5) is 0 Å². The molecule has 0 bridgehead atoms. The number of benzene rings is 1. The average molecular weight is 314 g/mol. The van der Waals surface area contributed by atoms with Gasteiger partial charge in [-0.25, -0.2) is 0 Å². The van der Waals surface area contributed by atoms with Gasteiger partial charge in [-0.3, -0.25) is 4.18 Å². The lowest BCUT2D eigenvalue weighted by Gasteiger charge is -2.26. The van der Waals surface area contributed by atoms with E-state index in [0.717, 1.165) is 23.7 Å². The second kappa shape index (κ2) is 6.96. The van der Waals surface area contributed by atoms with Crippen LogP contribution in [-0.2, 0) is 14.3 Å². The van der Waals surface area contributed by atoms with Crippen molar-refractivity contribution >= 4 is 21.9 Å².